The van der Waals surface area contributed by atoms with Gasteiger partial charge in [0.05, 0.1) is 0 Å². The molecule has 0 rings (SSSR count). The van der Waals surface area contributed by atoms with E-state index < -0.39 is 8.07 Å². The van der Waals surface area contributed by atoms with Crippen molar-refractivity contribution in [2.45, 2.75) is 45.8 Å². The van der Waals surface area contributed by atoms with E-state index in [-0.39, 0.29) is 0 Å². The van der Waals surface area contributed by atoms with Gasteiger partial charge in [-0.3, -0.25) is 0 Å². The van der Waals surface area contributed by atoms with Gasteiger partial charge < -0.3 is 0 Å². The Morgan fingerprint density at radius 2 is 1.71 bits per heavy atom. The molecule has 1 heteroatoms. The van der Waals surface area contributed by atoms with Crippen molar-refractivity contribution < 1.29 is 0 Å². The van der Waals surface area contributed by atoms with Crippen molar-refractivity contribution in [2.75, 3.05) is 0 Å². The molecule has 0 atom stereocenters. The summed E-state index contributed by atoms with van der Waals surface area (Å²) in [6, 6.07) is 0. The van der Waals surface area contributed by atoms with Crippen LogP contribution in [0.3, 0.4) is 0 Å². The van der Waals surface area contributed by atoms with Crippen molar-refractivity contribution in [1.82, 2.24) is 0 Å². The zero-order valence-electron chi connectivity index (χ0n) is 9.78. The molecule has 0 saturated heterocycles. The highest BCUT2D eigenvalue weighted by molar-refractivity contribution is 6.83. The third-order valence-corrected chi connectivity index (χ3v) is 2.35. The summed E-state index contributed by atoms with van der Waals surface area (Å²) >= 11 is 0. The smallest absolute Gasteiger partial charge is 0.127 e. The van der Waals surface area contributed by atoms with E-state index >= 15 is 0 Å². The van der Waals surface area contributed by atoms with Crippen LogP contribution < -0.4 is 0 Å². The van der Waals surface area contributed by atoms with Gasteiger partial charge in [-0.05, 0) is 18.6 Å². The molecular formula is C13H20Si. The minimum Gasteiger partial charge on any atom is -0.127 e. The predicted molar refractivity (Wildman–Crippen MR) is 67.6 cm³/mol. The van der Waals surface area contributed by atoms with E-state index in [9.17, 15) is 0 Å². The van der Waals surface area contributed by atoms with Gasteiger partial charge in [-0.2, -0.15) is 0 Å². The van der Waals surface area contributed by atoms with Crippen LogP contribution in [0.15, 0.2) is 12.2 Å². The number of allylic oxidation sites excluding steroid dienone is 2. The number of rotatable bonds is 2. The van der Waals surface area contributed by atoms with E-state index in [4.69, 9.17) is 0 Å². The van der Waals surface area contributed by atoms with Crippen LogP contribution in [-0.4, -0.2) is 8.07 Å². The quantitative estimate of drug-likeness (QED) is 0.366. The monoisotopic (exact) mass is 204 g/mol. The van der Waals surface area contributed by atoms with Gasteiger partial charge in [-0.25, -0.2) is 0 Å². The molecule has 0 N–H and O–H groups in total. The second-order valence-electron chi connectivity index (χ2n) is 4.28. The average molecular weight is 204 g/mol. The molecule has 0 aromatic carbocycles. The van der Waals surface area contributed by atoms with Gasteiger partial charge >= 0.3 is 0 Å². The Kier molecular flexibility index (Phi) is 6.98. The van der Waals surface area contributed by atoms with E-state index in [0.29, 0.717) is 0 Å². The first-order valence-corrected chi connectivity index (χ1v) is 8.72. The highest BCUT2D eigenvalue weighted by atomic mass is 28.3. The van der Waals surface area contributed by atoms with Crippen LogP contribution in [0.25, 0.3) is 0 Å². The fraction of sp³-hybridized carbons (Fsp3) is 0.538. The van der Waals surface area contributed by atoms with Crippen molar-refractivity contribution in [3.8, 4) is 23.3 Å². The fourth-order valence-electron chi connectivity index (χ4n) is 0.738. The van der Waals surface area contributed by atoms with Gasteiger partial charge in [-0.15, -0.1) is 5.54 Å². The zero-order valence-corrected chi connectivity index (χ0v) is 10.8. The third kappa shape index (κ3) is 11.1. The largest absolute Gasteiger partial charge is 0.129 e. The maximum atomic E-state index is 3.26. The molecule has 0 fully saturated rings. The van der Waals surface area contributed by atoms with Crippen molar-refractivity contribution in [3.63, 3.8) is 0 Å². The highest BCUT2D eigenvalue weighted by Crippen LogP contribution is 1.95. The molecule has 0 saturated carbocycles. The minimum atomic E-state index is -1.20. The average Bonchev–Trinajstić information content (AvgIpc) is 2.08. The molecule has 0 radical (unpaired) electrons. The first kappa shape index (κ1) is 13.1. The van der Waals surface area contributed by atoms with Crippen molar-refractivity contribution in [2.24, 2.45) is 0 Å². The molecular weight excluding hydrogens is 184 g/mol. The maximum Gasteiger partial charge on any atom is 0.129 e. The lowest BCUT2D eigenvalue weighted by Gasteiger charge is -2.01. The van der Waals surface area contributed by atoms with Crippen LogP contribution in [0.2, 0.25) is 19.6 Å². The Morgan fingerprint density at radius 3 is 2.29 bits per heavy atom. The van der Waals surface area contributed by atoms with E-state index in [0.717, 1.165) is 6.42 Å². The normalized spacial score (nSPS) is 10.3. The summed E-state index contributed by atoms with van der Waals surface area (Å²) in [5, 5.41) is 0. The van der Waals surface area contributed by atoms with Crippen LogP contribution >= 0.6 is 0 Å². The van der Waals surface area contributed by atoms with E-state index in [1.54, 1.807) is 0 Å². The molecule has 0 aromatic rings. The Hall–Kier alpha value is -0.923. The zero-order chi connectivity index (χ0) is 10.9. The summed E-state index contributed by atoms with van der Waals surface area (Å²) in [4.78, 5) is 0. The van der Waals surface area contributed by atoms with Crippen LogP contribution in [0, 0.1) is 23.3 Å². The lowest BCUT2D eigenvalue weighted by Crippen LogP contribution is -2.16. The fourth-order valence-corrected chi connectivity index (χ4v) is 1.25. The molecule has 0 aromatic heterocycles. The first-order chi connectivity index (χ1) is 6.56. The third-order valence-electron chi connectivity index (χ3n) is 1.45. The second-order valence-corrected chi connectivity index (χ2v) is 9.03. The molecule has 0 spiro atoms. The number of unbranched alkanes of at least 4 members (excludes halogenated alkanes) is 2. The molecule has 0 heterocycles. The Morgan fingerprint density at radius 1 is 1.07 bits per heavy atom. The summed E-state index contributed by atoms with van der Waals surface area (Å²) in [7, 11) is -1.20. The lowest BCUT2D eigenvalue weighted by molar-refractivity contribution is 0.828. The van der Waals surface area contributed by atoms with Crippen molar-refractivity contribution in [3.05, 3.63) is 12.2 Å². The Balaban J connectivity index is 3.81. The topological polar surface area (TPSA) is 0 Å². The number of hydrogen-bond acceptors (Lipinski definition) is 0. The van der Waals surface area contributed by atoms with E-state index in [2.05, 4.69) is 49.9 Å². The van der Waals surface area contributed by atoms with E-state index in [1.165, 1.54) is 12.8 Å². The Labute approximate surface area is 89.8 Å². The predicted octanol–water partition coefficient (Wildman–Crippen LogP) is 3.62. The SMILES string of the molecule is CCCCC#C/C=C\C#C[Si](C)(C)C. The van der Waals surface area contributed by atoms with Crippen molar-refractivity contribution >= 4 is 8.07 Å². The molecule has 14 heavy (non-hydrogen) atoms. The summed E-state index contributed by atoms with van der Waals surface area (Å²) < 4.78 is 0. The molecule has 0 aliphatic heterocycles. The van der Waals surface area contributed by atoms with Crippen LogP contribution in [0.4, 0.5) is 0 Å². The summed E-state index contributed by atoms with van der Waals surface area (Å²) in [6.07, 6.45) is 7.12. The molecule has 0 aliphatic carbocycles. The second kappa shape index (κ2) is 7.48. The minimum absolute atomic E-state index is 1.00. The molecule has 0 amide bonds. The summed E-state index contributed by atoms with van der Waals surface area (Å²) in [5.74, 6) is 9.12. The molecule has 0 nitrogen and oxygen atoms in total. The van der Waals surface area contributed by atoms with Crippen LogP contribution in [-0.2, 0) is 0 Å². The van der Waals surface area contributed by atoms with Gasteiger partial charge in [0, 0.05) is 6.42 Å². The highest BCUT2D eigenvalue weighted by Gasteiger charge is 2.06. The summed E-state index contributed by atoms with van der Waals surface area (Å²) in [6.45, 7) is 8.89. The van der Waals surface area contributed by atoms with Gasteiger partial charge in [0.1, 0.15) is 8.07 Å². The molecule has 0 bridgehead atoms. The molecule has 0 unspecified atom stereocenters. The molecule has 76 valence electrons. The van der Waals surface area contributed by atoms with Crippen molar-refractivity contribution in [1.29, 1.82) is 0 Å². The first-order valence-electron chi connectivity index (χ1n) is 5.22. The van der Waals surface area contributed by atoms with Crippen LogP contribution in [0.1, 0.15) is 26.2 Å². The Bertz CT molecular complexity index is 283. The molecule has 0 aliphatic rings. The van der Waals surface area contributed by atoms with Gasteiger partial charge in [0.15, 0.2) is 0 Å². The van der Waals surface area contributed by atoms with Crippen LogP contribution in [0.5, 0.6) is 0 Å². The standard InChI is InChI=1S/C13H20Si/c1-5-6-7-8-9-10-11-12-13-14(2,3)4/h10-11H,5-7H2,1-4H3/b11-10-. The van der Waals surface area contributed by atoms with Gasteiger partial charge in [-0.1, -0.05) is 50.7 Å². The maximum absolute atomic E-state index is 3.26. The van der Waals surface area contributed by atoms with Gasteiger partial charge in [0.25, 0.3) is 0 Å². The number of hydrogen-bond donors (Lipinski definition) is 0. The van der Waals surface area contributed by atoms with E-state index in [1.807, 2.05) is 12.2 Å². The van der Waals surface area contributed by atoms with Gasteiger partial charge in [0.2, 0.25) is 0 Å². The lowest BCUT2D eigenvalue weighted by atomic mass is 10.2. The summed E-state index contributed by atoms with van der Waals surface area (Å²) in [5.41, 5.74) is 3.26.